The second kappa shape index (κ2) is 4.11. The fraction of sp³-hybridized carbons (Fsp3) is 0.600. The maximum Gasteiger partial charge on any atom is 0.0875 e. The van der Waals surface area contributed by atoms with Crippen molar-refractivity contribution in [3.8, 4) is 0 Å². The first-order chi connectivity index (χ1) is 7.81. The smallest absolute Gasteiger partial charge is 0.0875 e. The van der Waals surface area contributed by atoms with Crippen molar-refractivity contribution in [2.75, 3.05) is 6.61 Å². The van der Waals surface area contributed by atoms with Gasteiger partial charge in [-0.15, -0.1) is 0 Å². The molecular weight excluding hydrogens is 210 g/mol. The molecule has 2 atom stereocenters. The number of nitrogens with two attached hydrogens (primary N) is 1. The van der Waals surface area contributed by atoms with Crippen molar-refractivity contribution >= 4 is 0 Å². The van der Waals surface area contributed by atoms with Crippen LogP contribution in [0.1, 0.15) is 38.3 Å². The highest BCUT2D eigenvalue weighted by atomic mass is 16.5. The Morgan fingerprint density at radius 3 is 2.65 bits per heavy atom. The van der Waals surface area contributed by atoms with E-state index in [-0.39, 0.29) is 11.1 Å². The zero-order valence-electron chi connectivity index (χ0n) is 11.3. The fourth-order valence-corrected chi connectivity index (χ4v) is 2.13. The fourth-order valence-electron chi connectivity index (χ4n) is 2.13. The maximum absolute atomic E-state index is 6.05. The number of ether oxygens (including phenoxy) is 1. The molecule has 0 bridgehead atoms. The monoisotopic (exact) mass is 233 g/mol. The third-order valence-corrected chi connectivity index (χ3v) is 3.82. The number of benzene rings is 1. The Kier molecular flexibility index (Phi) is 3.04. The highest BCUT2D eigenvalue weighted by Gasteiger charge is 2.47. The molecule has 1 fully saturated rings. The van der Waals surface area contributed by atoms with Gasteiger partial charge in [-0.3, -0.25) is 0 Å². The molecule has 94 valence electrons. The van der Waals surface area contributed by atoms with Gasteiger partial charge in [0.1, 0.15) is 0 Å². The van der Waals surface area contributed by atoms with Crippen LogP contribution < -0.4 is 5.73 Å². The molecule has 0 radical (unpaired) electrons. The number of hydrogen-bond donors (Lipinski definition) is 1. The van der Waals surface area contributed by atoms with Crippen molar-refractivity contribution in [1.29, 1.82) is 0 Å². The molecule has 2 N–H and O–H groups in total. The van der Waals surface area contributed by atoms with Gasteiger partial charge in [-0.1, -0.05) is 29.8 Å². The van der Waals surface area contributed by atoms with Crippen molar-refractivity contribution < 1.29 is 4.74 Å². The molecular formula is C15H23NO. The third-order valence-electron chi connectivity index (χ3n) is 3.82. The van der Waals surface area contributed by atoms with Crippen LogP contribution in [-0.4, -0.2) is 12.1 Å². The summed E-state index contributed by atoms with van der Waals surface area (Å²) in [6, 6.07) is 8.51. The zero-order valence-corrected chi connectivity index (χ0v) is 11.3. The van der Waals surface area contributed by atoms with Gasteiger partial charge in [0, 0.05) is 11.5 Å². The molecule has 2 rings (SSSR count). The molecule has 0 aliphatic heterocycles. The zero-order chi connectivity index (χ0) is 12.7. The highest BCUT2D eigenvalue weighted by Crippen LogP contribution is 2.41. The van der Waals surface area contributed by atoms with Crippen molar-refractivity contribution in [2.24, 2.45) is 11.7 Å². The number of hydrogen-bond acceptors (Lipinski definition) is 2. The van der Waals surface area contributed by atoms with Gasteiger partial charge in [0.2, 0.25) is 0 Å². The average molecular weight is 233 g/mol. The summed E-state index contributed by atoms with van der Waals surface area (Å²) in [5.74, 6) is 0.520. The minimum absolute atomic E-state index is 0.00266. The van der Waals surface area contributed by atoms with E-state index in [0.29, 0.717) is 5.92 Å². The van der Waals surface area contributed by atoms with Crippen LogP contribution in [0.5, 0.6) is 0 Å². The molecule has 1 aromatic rings. The van der Waals surface area contributed by atoms with E-state index in [4.69, 9.17) is 10.5 Å². The van der Waals surface area contributed by atoms with Crippen molar-refractivity contribution in [1.82, 2.24) is 0 Å². The summed E-state index contributed by atoms with van der Waals surface area (Å²) in [5, 5.41) is 0. The Bertz CT molecular complexity index is 409. The molecule has 2 heteroatoms. The van der Waals surface area contributed by atoms with E-state index in [9.17, 15) is 0 Å². The quantitative estimate of drug-likeness (QED) is 0.867. The largest absolute Gasteiger partial charge is 0.371 e. The van der Waals surface area contributed by atoms with E-state index < -0.39 is 0 Å². The molecule has 0 saturated heterocycles. The summed E-state index contributed by atoms with van der Waals surface area (Å²) in [4.78, 5) is 0. The Morgan fingerprint density at radius 1 is 1.47 bits per heavy atom. The first-order valence-corrected chi connectivity index (χ1v) is 6.31. The summed E-state index contributed by atoms with van der Waals surface area (Å²) >= 11 is 0. The predicted molar refractivity (Wildman–Crippen MR) is 70.9 cm³/mol. The Hall–Kier alpha value is -0.860. The average Bonchev–Trinajstić information content (AvgIpc) is 2.84. The summed E-state index contributed by atoms with van der Waals surface area (Å²) in [5.41, 5.74) is 8.30. The first-order valence-electron chi connectivity index (χ1n) is 6.31. The van der Waals surface area contributed by atoms with Crippen LogP contribution in [0, 0.1) is 12.8 Å². The molecule has 1 aliphatic rings. The number of aryl methyl sites for hydroxylation is 1. The lowest BCUT2D eigenvalue weighted by atomic mass is 9.96. The van der Waals surface area contributed by atoms with Gasteiger partial charge in [-0.25, -0.2) is 0 Å². The van der Waals surface area contributed by atoms with Gasteiger partial charge in [-0.05, 0) is 39.7 Å². The maximum atomic E-state index is 6.05. The molecule has 0 spiro atoms. The van der Waals surface area contributed by atoms with E-state index in [2.05, 4.69) is 52.0 Å². The first kappa shape index (κ1) is 12.6. The lowest BCUT2D eigenvalue weighted by molar-refractivity contribution is -0.0293. The van der Waals surface area contributed by atoms with Crippen molar-refractivity contribution in [2.45, 2.75) is 45.3 Å². The Balaban J connectivity index is 1.99. The normalized spacial score (nSPS) is 28.2. The van der Waals surface area contributed by atoms with Gasteiger partial charge in [0.25, 0.3) is 0 Å². The van der Waals surface area contributed by atoms with Crippen LogP contribution in [0.15, 0.2) is 24.3 Å². The minimum Gasteiger partial charge on any atom is -0.371 e. The van der Waals surface area contributed by atoms with Gasteiger partial charge < -0.3 is 10.5 Å². The van der Waals surface area contributed by atoms with Gasteiger partial charge in [0.15, 0.2) is 0 Å². The van der Waals surface area contributed by atoms with Gasteiger partial charge >= 0.3 is 0 Å². The molecule has 17 heavy (non-hydrogen) atoms. The van der Waals surface area contributed by atoms with E-state index >= 15 is 0 Å². The highest BCUT2D eigenvalue weighted by molar-refractivity contribution is 5.26. The van der Waals surface area contributed by atoms with E-state index in [1.165, 1.54) is 11.1 Å². The topological polar surface area (TPSA) is 35.2 Å². The summed E-state index contributed by atoms with van der Waals surface area (Å²) in [6.45, 7) is 9.21. The van der Waals surface area contributed by atoms with Crippen LogP contribution >= 0.6 is 0 Å². The molecule has 0 aromatic heterocycles. The van der Waals surface area contributed by atoms with Crippen molar-refractivity contribution in [3.05, 3.63) is 35.4 Å². The third kappa shape index (κ3) is 2.88. The van der Waals surface area contributed by atoms with Gasteiger partial charge in [-0.2, -0.15) is 0 Å². The molecule has 2 nitrogen and oxygen atoms in total. The molecule has 1 aromatic carbocycles. The molecule has 0 amide bonds. The predicted octanol–water partition coefficient (Wildman–Crippen LogP) is 2.98. The summed E-state index contributed by atoms with van der Waals surface area (Å²) < 4.78 is 6.05. The Morgan fingerprint density at radius 2 is 2.12 bits per heavy atom. The van der Waals surface area contributed by atoms with E-state index in [1.54, 1.807) is 0 Å². The Labute approximate surface area is 104 Å². The SMILES string of the molecule is Cc1cccc(C(C)(C)OCC2CC2(C)N)c1. The minimum atomic E-state index is -0.231. The molecule has 0 heterocycles. The second-order valence-electron chi connectivity index (χ2n) is 6.10. The lowest BCUT2D eigenvalue weighted by Crippen LogP contribution is -2.27. The summed E-state index contributed by atoms with van der Waals surface area (Å²) in [7, 11) is 0. The number of rotatable bonds is 4. The van der Waals surface area contributed by atoms with Crippen LogP contribution in [0.4, 0.5) is 0 Å². The van der Waals surface area contributed by atoms with Crippen molar-refractivity contribution in [3.63, 3.8) is 0 Å². The lowest BCUT2D eigenvalue weighted by Gasteiger charge is -2.26. The molecule has 1 aliphatic carbocycles. The van der Waals surface area contributed by atoms with Crippen LogP contribution in [0.3, 0.4) is 0 Å². The second-order valence-corrected chi connectivity index (χ2v) is 6.10. The van der Waals surface area contributed by atoms with Crippen LogP contribution in [0.2, 0.25) is 0 Å². The van der Waals surface area contributed by atoms with Gasteiger partial charge in [0.05, 0.1) is 12.2 Å². The van der Waals surface area contributed by atoms with Crippen LogP contribution in [-0.2, 0) is 10.3 Å². The molecule has 2 unspecified atom stereocenters. The summed E-state index contributed by atoms with van der Waals surface area (Å²) in [6.07, 6.45) is 1.08. The van der Waals surface area contributed by atoms with Crippen LogP contribution in [0.25, 0.3) is 0 Å². The van der Waals surface area contributed by atoms with E-state index in [1.807, 2.05) is 0 Å². The van der Waals surface area contributed by atoms with E-state index in [0.717, 1.165) is 13.0 Å². The standard InChI is InChI=1S/C15H23NO/c1-11-6-5-7-12(8-11)14(2,3)17-10-13-9-15(13,4)16/h5-8,13H,9-10,16H2,1-4H3. The molecule has 1 saturated carbocycles.